The van der Waals surface area contributed by atoms with Gasteiger partial charge in [-0.25, -0.2) is 15.0 Å². The molecule has 8 heteroatoms. The molecule has 0 aliphatic carbocycles. The molecule has 0 atom stereocenters. The van der Waals surface area contributed by atoms with Gasteiger partial charge < -0.3 is 14.3 Å². The van der Waals surface area contributed by atoms with Gasteiger partial charge in [-0.05, 0) is 42.5 Å². The molecule has 4 rings (SSSR count). The molecule has 2 aromatic heterocycles. The molecule has 2 heterocycles. The highest BCUT2D eigenvalue weighted by Gasteiger charge is 2.13. The number of aromatic nitrogens is 2. The topological polar surface area (TPSA) is 80.7 Å². The molecule has 1 N–H and O–H groups in total. The van der Waals surface area contributed by atoms with Crippen LogP contribution >= 0.6 is 22.9 Å². The van der Waals surface area contributed by atoms with Crippen molar-refractivity contribution >= 4 is 44.5 Å². The molecule has 0 saturated carbocycles. The number of hydrogen-bond donors (Lipinski definition) is 1. The largest absolute Gasteiger partial charge is 0.497 e. The number of aliphatic imine (C=N–C) groups is 1. The lowest BCUT2D eigenvalue weighted by Crippen LogP contribution is -1.82. The number of nitrogens with zero attached hydrogens (tertiary/aromatic N) is 3. The van der Waals surface area contributed by atoms with Crippen molar-refractivity contribution in [3.63, 3.8) is 0 Å². The Hall–Kier alpha value is -2.90. The number of fused-ring (bicyclic) bond motifs is 1. The van der Waals surface area contributed by atoms with Crippen LogP contribution in [0.2, 0.25) is 5.02 Å². The average Bonchev–Trinajstić information content (AvgIpc) is 3.22. The van der Waals surface area contributed by atoms with Crippen LogP contribution in [0.4, 0.5) is 5.13 Å². The molecule has 2 aromatic carbocycles. The Balaban J connectivity index is 1.61. The van der Waals surface area contributed by atoms with E-state index in [1.807, 2.05) is 18.2 Å². The maximum absolute atomic E-state index is 9.95. The van der Waals surface area contributed by atoms with Gasteiger partial charge in [0.15, 0.2) is 5.69 Å². The summed E-state index contributed by atoms with van der Waals surface area (Å²) < 4.78 is 11.5. The van der Waals surface area contributed by atoms with Crippen LogP contribution in [0, 0.1) is 0 Å². The molecule has 26 heavy (non-hydrogen) atoms. The van der Waals surface area contributed by atoms with E-state index in [-0.39, 0.29) is 17.5 Å². The maximum Gasteiger partial charge on any atom is 0.312 e. The Bertz CT molecular complexity index is 1100. The van der Waals surface area contributed by atoms with E-state index in [1.54, 1.807) is 31.4 Å². The second kappa shape index (κ2) is 6.78. The van der Waals surface area contributed by atoms with E-state index >= 15 is 0 Å². The number of oxazole rings is 1. The van der Waals surface area contributed by atoms with Gasteiger partial charge in [0.2, 0.25) is 11.0 Å². The van der Waals surface area contributed by atoms with E-state index in [4.69, 9.17) is 20.8 Å². The second-order valence-corrected chi connectivity index (χ2v) is 6.75. The van der Waals surface area contributed by atoms with E-state index in [0.29, 0.717) is 15.7 Å². The van der Waals surface area contributed by atoms with Gasteiger partial charge in [0, 0.05) is 10.6 Å². The molecule has 0 spiro atoms. The fourth-order valence-corrected chi connectivity index (χ4v) is 3.28. The first-order valence-corrected chi connectivity index (χ1v) is 8.76. The molecule has 0 saturated heterocycles. The van der Waals surface area contributed by atoms with Crippen molar-refractivity contribution in [2.24, 2.45) is 4.99 Å². The van der Waals surface area contributed by atoms with Crippen LogP contribution in [0.15, 0.2) is 51.9 Å². The molecule has 0 radical (unpaired) electrons. The van der Waals surface area contributed by atoms with Gasteiger partial charge >= 0.3 is 5.95 Å². The first-order chi connectivity index (χ1) is 12.6. The normalized spacial score (nSPS) is 11.5. The van der Waals surface area contributed by atoms with Gasteiger partial charge in [-0.2, -0.15) is 0 Å². The summed E-state index contributed by atoms with van der Waals surface area (Å²) >= 11 is 7.28. The Labute approximate surface area is 157 Å². The maximum atomic E-state index is 9.95. The highest BCUT2D eigenvalue weighted by molar-refractivity contribution is 7.22. The Morgan fingerprint density at radius 3 is 2.77 bits per heavy atom. The molecule has 0 aliphatic heterocycles. The summed E-state index contributed by atoms with van der Waals surface area (Å²) in [5.74, 6) is 0.745. The molecule has 6 nitrogen and oxygen atoms in total. The number of hydrogen-bond acceptors (Lipinski definition) is 7. The summed E-state index contributed by atoms with van der Waals surface area (Å²) in [5.41, 5.74) is 1.76. The summed E-state index contributed by atoms with van der Waals surface area (Å²) in [6, 6.07) is 12.6. The number of methoxy groups -OCH3 is 1. The number of ether oxygens (including phenoxy) is 1. The minimum Gasteiger partial charge on any atom is -0.497 e. The van der Waals surface area contributed by atoms with Crippen LogP contribution in [-0.2, 0) is 0 Å². The van der Waals surface area contributed by atoms with Crippen molar-refractivity contribution < 1.29 is 14.3 Å². The highest BCUT2D eigenvalue weighted by atomic mass is 35.5. The van der Waals surface area contributed by atoms with E-state index in [0.717, 1.165) is 16.0 Å². The minimum atomic E-state index is -0.304. The summed E-state index contributed by atoms with van der Waals surface area (Å²) in [7, 11) is 1.62. The van der Waals surface area contributed by atoms with E-state index < -0.39 is 0 Å². The van der Waals surface area contributed by atoms with Crippen LogP contribution in [0.5, 0.6) is 11.7 Å². The summed E-state index contributed by atoms with van der Waals surface area (Å²) in [5, 5.41) is 11.1. The van der Waals surface area contributed by atoms with Gasteiger partial charge in [-0.1, -0.05) is 22.9 Å². The van der Waals surface area contributed by atoms with E-state index in [2.05, 4.69) is 15.0 Å². The monoisotopic (exact) mass is 385 g/mol. The average molecular weight is 386 g/mol. The SMILES string of the molecule is COc1ccc2nc(N=Cc3nc(-c4ccc(Cl)cc4)oc3O)sc2c1. The van der Waals surface area contributed by atoms with Crippen molar-refractivity contribution in [1.29, 1.82) is 0 Å². The smallest absolute Gasteiger partial charge is 0.312 e. The third-order valence-corrected chi connectivity index (χ3v) is 4.79. The fraction of sp³-hybridized carbons (Fsp3) is 0.0556. The molecule has 0 amide bonds. The third kappa shape index (κ3) is 3.26. The molecule has 0 aliphatic rings. The summed E-state index contributed by atoms with van der Waals surface area (Å²) in [6.07, 6.45) is 1.42. The molecule has 0 fully saturated rings. The van der Waals surface area contributed by atoms with Crippen molar-refractivity contribution in [2.75, 3.05) is 7.11 Å². The van der Waals surface area contributed by atoms with Gasteiger partial charge in [0.25, 0.3) is 0 Å². The number of rotatable bonds is 4. The Morgan fingerprint density at radius 2 is 2.00 bits per heavy atom. The molecular formula is C18H12ClN3O3S. The molecule has 4 aromatic rings. The van der Waals surface area contributed by atoms with Gasteiger partial charge in [0.05, 0.1) is 23.5 Å². The number of aromatic hydroxyl groups is 1. The van der Waals surface area contributed by atoms with Crippen LogP contribution < -0.4 is 4.74 Å². The predicted octanol–water partition coefficient (Wildman–Crippen LogP) is 5.07. The van der Waals surface area contributed by atoms with Crippen molar-refractivity contribution in [3.05, 3.63) is 53.2 Å². The third-order valence-electron chi connectivity index (χ3n) is 3.61. The lowest BCUT2D eigenvalue weighted by atomic mass is 10.2. The lowest BCUT2D eigenvalue weighted by Gasteiger charge is -1.96. The molecule has 0 unspecified atom stereocenters. The first kappa shape index (κ1) is 16.6. The fourth-order valence-electron chi connectivity index (χ4n) is 2.32. The van der Waals surface area contributed by atoms with Crippen LogP contribution in [0.3, 0.4) is 0 Å². The van der Waals surface area contributed by atoms with Crippen LogP contribution in [0.1, 0.15) is 5.69 Å². The Kier molecular flexibility index (Phi) is 4.32. The number of benzene rings is 2. The standard InChI is InChI=1S/C18H12ClN3O3S/c1-24-12-6-7-13-15(8-12)26-18(22-13)20-9-14-17(23)25-16(21-14)10-2-4-11(19)5-3-10/h2-9,23H,1H3. The van der Waals surface area contributed by atoms with E-state index in [1.165, 1.54) is 17.6 Å². The van der Waals surface area contributed by atoms with Gasteiger partial charge in [-0.3, -0.25) is 0 Å². The number of thiazole rings is 1. The van der Waals surface area contributed by atoms with Crippen molar-refractivity contribution in [3.8, 4) is 23.1 Å². The summed E-state index contributed by atoms with van der Waals surface area (Å²) in [6.45, 7) is 0. The van der Waals surface area contributed by atoms with E-state index in [9.17, 15) is 5.11 Å². The summed E-state index contributed by atoms with van der Waals surface area (Å²) in [4.78, 5) is 13.0. The molecule has 130 valence electrons. The highest BCUT2D eigenvalue weighted by Crippen LogP contribution is 2.31. The minimum absolute atomic E-state index is 0.229. The number of halogens is 1. The quantitative estimate of drug-likeness (QED) is 0.496. The zero-order chi connectivity index (χ0) is 18.1. The first-order valence-electron chi connectivity index (χ1n) is 7.57. The van der Waals surface area contributed by atoms with Crippen LogP contribution in [-0.4, -0.2) is 28.4 Å². The zero-order valence-corrected chi connectivity index (χ0v) is 15.1. The van der Waals surface area contributed by atoms with Crippen molar-refractivity contribution in [1.82, 2.24) is 9.97 Å². The predicted molar refractivity (Wildman–Crippen MR) is 102 cm³/mol. The van der Waals surface area contributed by atoms with Gasteiger partial charge in [-0.15, -0.1) is 0 Å². The lowest BCUT2D eigenvalue weighted by molar-refractivity contribution is 0.337. The van der Waals surface area contributed by atoms with Crippen LogP contribution in [0.25, 0.3) is 21.7 Å². The molecule has 0 bridgehead atoms. The second-order valence-electron chi connectivity index (χ2n) is 5.30. The Morgan fingerprint density at radius 1 is 1.19 bits per heavy atom. The van der Waals surface area contributed by atoms with Crippen molar-refractivity contribution in [2.45, 2.75) is 0 Å². The zero-order valence-electron chi connectivity index (χ0n) is 13.5. The van der Waals surface area contributed by atoms with Gasteiger partial charge in [0.1, 0.15) is 5.75 Å². The molecular weight excluding hydrogens is 374 g/mol.